The van der Waals surface area contributed by atoms with Crippen molar-refractivity contribution in [2.45, 2.75) is 37.0 Å². The highest BCUT2D eigenvalue weighted by Crippen LogP contribution is 2.32. The highest BCUT2D eigenvalue weighted by atomic mass is 32.2. The SMILES string of the molecule is Fc1ccc(CCC2(Cn3ccnc3)OCC(CSCc3ccccc3)O2)cc1. The second-order valence-corrected chi connectivity index (χ2v) is 8.35. The number of imidazole rings is 1. The van der Waals surface area contributed by atoms with Crippen molar-refractivity contribution in [1.82, 2.24) is 9.55 Å². The molecule has 1 aliphatic rings. The second-order valence-electron chi connectivity index (χ2n) is 7.32. The molecule has 2 atom stereocenters. The molecule has 4 rings (SSSR count). The van der Waals surface area contributed by atoms with Crippen LogP contribution in [-0.4, -0.2) is 33.8 Å². The lowest BCUT2D eigenvalue weighted by molar-refractivity contribution is -0.180. The number of halogens is 1. The molecule has 2 heterocycles. The van der Waals surface area contributed by atoms with Gasteiger partial charge in [-0.1, -0.05) is 42.5 Å². The smallest absolute Gasteiger partial charge is 0.187 e. The molecule has 0 spiro atoms. The van der Waals surface area contributed by atoms with Crippen LogP contribution in [0.2, 0.25) is 0 Å². The first-order valence-corrected chi connectivity index (χ1v) is 11.0. The van der Waals surface area contributed by atoms with Crippen LogP contribution >= 0.6 is 11.8 Å². The molecule has 0 bridgehead atoms. The molecule has 152 valence electrons. The van der Waals surface area contributed by atoms with Crippen LogP contribution in [0.1, 0.15) is 17.5 Å². The maximum absolute atomic E-state index is 13.2. The minimum Gasteiger partial charge on any atom is -0.345 e. The molecule has 1 saturated heterocycles. The molecular weight excluding hydrogens is 387 g/mol. The highest BCUT2D eigenvalue weighted by molar-refractivity contribution is 7.98. The summed E-state index contributed by atoms with van der Waals surface area (Å²) in [5.74, 6) is 0.945. The molecule has 1 aromatic heterocycles. The van der Waals surface area contributed by atoms with Crippen molar-refractivity contribution >= 4 is 11.8 Å². The van der Waals surface area contributed by atoms with Gasteiger partial charge in [-0.3, -0.25) is 0 Å². The number of thioether (sulfide) groups is 1. The zero-order valence-corrected chi connectivity index (χ0v) is 17.1. The molecule has 3 aromatic rings. The predicted octanol–water partition coefficient (Wildman–Crippen LogP) is 4.70. The van der Waals surface area contributed by atoms with E-state index in [9.17, 15) is 4.39 Å². The highest BCUT2D eigenvalue weighted by Gasteiger charge is 2.41. The Kier molecular flexibility index (Phi) is 6.64. The molecule has 2 unspecified atom stereocenters. The van der Waals surface area contributed by atoms with Crippen molar-refractivity contribution in [2.75, 3.05) is 12.4 Å². The van der Waals surface area contributed by atoms with Crippen LogP contribution in [0.15, 0.2) is 73.3 Å². The number of rotatable bonds is 9. The lowest BCUT2D eigenvalue weighted by atomic mass is 10.0. The fourth-order valence-corrected chi connectivity index (χ4v) is 4.49. The van der Waals surface area contributed by atoms with Crippen LogP contribution in [0.3, 0.4) is 0 Å². The van der Waals surface area contributed by atoms with Gasteiger partial charge in [0, 0.05) is 30.3 Å². The third-order valence-corrected chi connectivity index (χ3v) is 6.16. The minimum atomic E-state index is -0.687. The Labute approximate surface area is 175 Å². The summed E-state index contributed by atoms with van der Waals surface area (Å²) in [7, 11) is 0. The van der Waals surface area contributed by atoms with Crippen LogP contribution in [0.25, 0.3) is 0 Å². The Bertz CT molecular complexity index is 874. The molecule has 0 N–H and O–H groups in total. The Morgan fingerprint density at radius 2 is 1.93 bits per heavy atom. The van der Waals surface area contributed by atoms with Crippen molar-refractivity contribution in [1.29, 1.82) is 0 Å². The van der Waals surface area contributed by atoms with E-state index < -0.39 is 5.79 Å². The fourth-order valence-electron chi connectivity index (χ4n) is 3.52. The van der Waals surface area contributed by atoms with E-state index in [1.165, 1.54) is 17.7 Å². The van der Waals surface area contributed by atoms with Gasteiger partial charge in [-0.2, -0.15) is 11.8 Å². The summed E-state index contributed by atoms with van der Waals surface area (Å²) < 4.78 is 27.8. The molecule has 6 heteroatoms. The molecule has 1 aliphatic heterocycles. The predicted molar refractivity (Wildman–Crippen MR) is 113 cm³/mol. The number of hydrogen-bond donors (Lipinski definition) is 0. The maximum Gasteiger partial charge on any atom is 0.187 e. The van der Waals surface area contributed by atoms with Crippen molar-refractivity contribution in [3.8, 4) is 0 Å². The van der Waals surface area contributed by atoms with Crippen LogP contribution in [0.4, 0.5) is 4.39 Å². The summed E-state index contributed by atoms with van der Waals surface area (Å²) in [4.78, 5) is 4.13. The van der Waals surface area contributed by atoms with Gasteiger partial charge in [-0.25, -0.2) is 9.37 Å². The maximum atomic E-state index is 13.2. The first-order valence-electron chi connectivity index (χ1n) is 9.84. The number of aryl methyl sites for hydroxylation is 1. The quantitative estimate of drug-likeness (QED) is 0.510. The Morgan fingerprint density at radius 1 is 1.10 bits per heavy atom. The Hall–Kier alpha value is -2.15. The van der Waals surface area contributed by atoms with Gasteiger partial charge in [-0.15, -0.1) is 0 Å². The Morgan fingerprint density at radius 3 is 2.69 bits per heavy atom. The van der Waals surface area contributed by atoms with Crippen molar-refractivity contribution < 1.29 is 13.9 Å². The average Bonchev–Trinajstić information content (AvgIpc) is 3.39. The van der Waals surface area contributed by atoms with Crippen molar-refractivity contribution in [3.63, 3.8) is 0 Å². The monoisotopic (exact) mass is 412 g/mol. The van der Waals surface area contributed by atoms with Gasteiger partial charge < -0.3 is 14.0 Å². The zero-order chi connectivity index (χ0) is 19.9. The van der Waals surface area contributed by atoms with Gasteiger partial charge in [0.2, 0.25) is 0 Å². The van der Waals surface area contributed by atoms with E-state index in [0.717, 1.165) is 23.5 Å². The molecule has 4 nitrogen and oxygen atoms in total. The van der Waals surface area contributed by atoms with Gasteiger partial charge in [-0.05, 0) is 29.7 Å². The van der Waals surface area contributed by atoms with E-state index >= 15 is 0 Å². The normalized spacial score (nSPS) is 21.5. The summed E-state index contributed by atoms with van der Waals surface area (Å²) in [6.45, 7) is 1.17. The summed E-state index contributed by atoms with van der Waals surface area (Å²) in [6.07, 6.45) is 6.99. The molecule has 29 heavy (non-hydrogen) atoms. The van der Waals surface area contributed by atoms with Crippen LogP contribution in [-0.2, 0) is 28.2 Å². The molecule has 0 amide bonds. The van der Waals surface area contributed by atoms with Gasteiger partial charge >= 0.3 is 0 Å². The van der Waals surface area contributed by atoms with E-state index in [1.807, 2.05) is 40.7 Å². The zero-order valence-electron chi connectivity index (χ0n) is 16.2. The first kappa shape index (κ1) is 20.1. The number of benzene rings is 2. The molecule has 2 aromatic carbocycles. The summed E-state index contributed by atoms with van der Waals surface area (Å²) in [5.41, 5.74) is 2.39. The lowest BCUT2D eigenvalue weighted by Gasteiger charge is -2.28. The van der Waals surface area contributed by atoms with E-state index in [2.05, 4.69) is 29.2 Å². The van der Waals surface area contributed by atoms with Gasteiger partial charge in [0.1, 0.15) is 5.82 Å². The van der Waals surface area contributed by atoms with Gasteiger partial charge in [0.15, 0.2) is 5.79 Å². The average molecular weight is 413 g/mol. The van der Waals surface area contributed by atoms with Gasteiger partial charge in [0.05, 0.1) is 25.6 Å². The molecular formula is C23H25FN2O2S. The first-order chi connectivity index (χ1) is 14.2. The number of nitrogens with zero attached hydrogens (tertiary/aromatic N) is 2. The molecule has 0 radical (unpaired) electrons. The summed E-state index contributed by atoms with van der Waals surface area (Å²) in [5, 5.41) is 0. The standard InChI is InChI=1S/C23H25FN2O2S/c24-21-8-6-19(7-9-21)10-11-23(17-26-13-12-25-18-26)27-14-22(28-23)16-29-15-20-4-2-1-3-5-20/h1-9,12-13,18,22H,10-11,14-17H2. The molecule has 0 saturated carbocycles. The van der Waals surface area contributed by atoms with Crippen molar-refractivity contribution in [2.24, 2.45) is 0 Å². The van der Waals surface area contributed by atoms with E-state index in [1.54, 1.807) is 12.5 Å². The van der Waals surface area contributed by atoms with E-state index in [4.69, 9.17) is 9.47 Å². The minimum absolute atomic E-state index is 0.0560. The van der Waals surface area contributed by atoms with Crippen LogP contribution in [0, 0.1) is 5.82 Å². The largest absolute Gasteiger partial charge is 0.345 e. The van der Waals surface area contributed by atoms with Crippen LogP contribution < -0.4 is 0 Å². The summed E-state index contributed by atoms with van der Waals surface area (Å²) in [6, 6.07) is 17.1. The molecule has 1 fully saturated rings. The second kappa shape index (κ2) is 9.57. The topological polar surface area (TPSA) is 36.3 Å². The van der Waals surface area contributed by atoms with E-state index in [-0.39, 0.29) is 11.9 Å². The lowest BCUT2D eigenvalue weighted by Crippen LogP contribution is -2.37. The van der Waals surface area contributed by atoms with Crippen molar-refractivity contribution in [3.05, 3.63) is 90.3 Å². The fraction of sp³-hybridized carbons (Fsp3) is 0.348. The number of hydrogen-bond acceptors (Lipinski definition) is 4. The van der Waals surface area contributed by atoms with Crippen LogP contribution in [0.5, 0.6) is 0 Å². The summed E-state index contributed by atoms with van der Waals surface area (Å²) >= 11 is 1.86. The van der Waals surface area contributed by atoms with E-state index in [0.29, 0.717) is 19.6 Å². The van der Waals surface area contributed by atoms with Gasteiger partial charge in [0.25, 0.3) is 0 Å². The third kappa shape index (κ3) is 5.69. The third-order valence-electron chi connectivity index (χ3n) is 5.02. The number of aromatic nitrogens is 2. The Balaban J connectivity index is 1.36. The molecule has 0 aliphatic carbocycles. The number of ether oxygens (including phenoxy) is 2.